The highest BCUT2D eigenvalue weighted by Gasteiger charge is 2.27. The van der Waals surface area contributed by atoms with Crippen LogP contribution < -0.4 is 10.6 Å². The van der Waals surface area contributed by atoms with E-state index >= 15 is 0 Å². The molecule has 2 rings (SSSR count). The summed E-state index contributed by atoms with van der Waals surface area (Å²) < 4.78 is 0. The zero-order chi connectivity index (χ0) is 14.0. The van der Waals surface area contributed by atoms with Gasteiger partial charge in [-0.25, -0.2) is 4.98 Å². The number of hydrogen-bond acceptors (Lipinski definition) is 4. The summed E-state index contributed by atoms with van der Waals surface area (Å²) in [5.74, 6) is 0.921. The number of hydrogen-bond donors (Lipinski definition) is 2. The van der Waals surface area contributed by atoms with Crippen molar-refractivity contribution in [2.75, 3.05) is 31.1 Å². The van der Waals surface area contributed by atoms with Crippen LogP contribution in [-0.2, 0) is 0 Å². The van der Waals surface area contributed by atoms with E-state index in [1.165, 1.54) is 0 Å². The molecule has 0 atom stereocenters. The molecule has 1 saturated heterocycles. The molecule has 19 heavy (non-hydrogen) atoms. The van der Waals surface area contributed by atoms with Crippen molar-refractivity contribution in [2.45, 2.75) is 26.3 Å². The molecule has 104 valence electrons. The minimum atomic E-state index is 0.0846. The fourth-order valence-corrected chi connectivity index (χ4v) is 2.45. The molecule has 3 N–H and O–H groups in total. The Morgan fingerprint density at radius 3 is 2.42 bits per heavy atom. The molecule has 0 radical (unpaired) electrons. The lowest BCUT2D eigenvalue weighted by Crippen LogP contribution is -2.53. The number of piperazine rings is 1. The minimum absolute atomic E-state index is 0.0846. The molecule has 0 spiro atoms. The number of aromatic nitrogens is 1. The first-order chi connectivity index (χ1) is 8.89. The van der Waals surface area contributed by atoms with Gasteiger partial charge in [-0.15, -0.1) is 0 Å². The second-order valence-electron chi connectivity index (χ2n) is 5.93. The second-order valence-corrected chi connectivity index (χ2v) is 5.93. The van der Waals surface area contributed by atoms with Gasteiger partial charge in [0.2, 0.25) is 0 Å². The summed E-state index contributed by atoms with van der Waals surface area (Å²) in [7, 11) is 0. The standard InChI is InChI=1S/C14H23N5/c1-14(2,3)19-9-7-18(8-10-19)13-11(12(15)16)5-4-6-17-13/h4-6H,7-10H2,1-3H3,(H3,15,16). The third-order valence-corrected chi connectivity index (χ3v) is 3.60. The number of pyridine rings is 1. The van der Waals surface area contributed by atoms with Crippen LogP contribution >= 0.6 is 0 Å². The van der Waals surface area contributed by atoms with Gasteiger partial charge < -0.3 is 10.6 Å². The number of nitrogens with two attached hydrogens (primary N) is 1. The van der Waals surface area contributed by atoms with Crippen molar-refractivity contribution in [3.8, 4) is 0 Å². The monoisotopic (exact) mass is 261 g/mol. The fraction of sp³-hybridized carbons (Fsp3) is 0.571. The van der Waals surface area contributed by atoms with Crippen LogP contribution in [0.15, 0.2) is 18.3 Å². The zero-order valence-electron chi connectivity index (χ0n) is 12.0. The molecule has 0 aliphatic carbocycles. The highest BCUT2D eigenvalue weighted by Crippen LogP contribution is 2.21. The molecule has 1 fully saturated rings. The van der Waals surface area contributed by atoms with E-state index in [4.69, 9.17) is 11.1 Å². The summed E-state index contributed by atoms with van der Waals surface area (Å²) in [5, 5.41) is 7.63. The molecular weight excluding hydrogens is 238 g/mol. The Morgan fingerprint density at radius 1 is 1.26 bits per heavy atom. The van der Waals surface area contributed by atoms with Gasteiger partial charge in [-0.2, -0.15) is 0 Å². The van der Waals surface area contributed by atoms with E-state index in [-0.39, 0.29) is 11.4 Å². The topological polar surface area (TPSA) is 69.2 Å². The number of rotatable bonds is 2. The number of nitrogens with zero attached hydrogens (tertiary/aromatic N) is 3. The van der Waals surface area contributed by atoms with E-state index in [9.17, 15) is 0 Å². The first kappa shape index (κ1) is 13.8. The average Bonchev–Trinajstić information content (AvgIpc) is 2.38. The first-order valence-corrected chi connectivity index (χ1v) is 6.69. The Hall–Kier alpha value is -1.62. The van der Waals surface area contributed by atoms with Crippen LogP contribution in [0.4, 0.5) is 5.82 Å². The van der Waals surface area contributed by atoms with Gasteiger partial charge in [-0.05, 0) is 32.9 Å². The van der Waals surface area contributed by atoms with E-state index in [0.29, 0.717) is 0 Å². The summed E-state index contributed by atoms with van der Waals surface area (Å²) in [6.45, 7) is 10.6. The van der Waals surface area contributed by atoms with Crippen LogP contribution in [0.3, 0.4) is 0 Å². The molecule has 1 aromatic heterocycles. The third kappa shape index (κ3) is 3.04. The summed E-state index contributed by atoms with van der Waals surface area (Å²) >= 11 is 0. The van der Waals surface area contributed by atoms with Crippen molar-refractivity contribution in [2.24, 2.45) is 5.73 Å². The Balaban J connectivity index is 2.12. The Kier molecular flexibility index (Phi) is 3.75. The van der Waals surface area contributed by atoms with E-state index < -0.39 is 0 Å². The molecule has 0 amide bonds. The van der Waals surface area contributed by atoms with Gasteiger partial charge in [0.25, 0.3) is 0 Å². The SMILES string of the molecule is CC(C)(C)N1CCN(c2ncccc2C(=N)N)CC1. The van der Waals surface area contributed by atoms with Crippen molar-refractivity contribution in [3.05, 3.63) is 23.9 Å². The van der Waals surface area contributed by atoms with Crippen molar-refractivity contribution in [1.29, 1.82) is 5.41 Å². The number of nitrogen functional groups attached to an aromatic ring is 1. The molecule has 1 aromatic rings. The molecular formula is C14H23N5. The number of anilines is 1. The van der Waals surface area contributed by atoms with Crippen molar-refractivity contribution in [3.63, 3.8) is 0 Å². The Morgan fingerprint density at radius 2 is 1.89 bits per heavy atom. The summed E-state index contributed by atoms with van der Waals surface area (Å²) in [4.78, 5) is 9.09. The third-order valence-electron chi connectivity index (χ3n) is 3.60. The lowest BCUT2D eigenvalue weighted by molar-refractivity contribution is 0.128. The van der Waals surface area contributed by atoms with Gasteiger partial charge in [-0.1, -0.05) is 0 Å². The summed E-state index contributed by atoms with van der Waals surface area (Å²) in [6.07, 6.45) is 1.76. The molecule has 1 aliphatic heterocycles. The minimum Gasteiger partial charge on any atom is -0.384 e. The normalized spacial score (nSPS) is 17.5. The largest absolute Gasteiger partial charge is 0.384 e. The van der Waals surface area contributed by atoms with Gasteiger partial charge in [-0.3, -0.25) is 10.3 Å². The van der Waals surface area contributed by atoms with Crippen LogP contribution in [0.5, 0.6) is 0 Å². The zero-order valence-corrected chi connectivity index (χ0v) is 12.0. The molecule has 0 aromatic carbocycles. The quantitative estimate of drug-likeness (QED) is 0.621. The Labute approximate surface area is 114 Å². The van der Waals surface area contributed by atoms with E-state index in [2.05, 4.69) is 35.6 Å². The van der Waals surface area contributed by atoms with Crippen molar-refractivity contribution >= 4 is 11.7 Å². The fourth-order valence-electron chi connectivity index (χ4n) is 2.45. The van der Waals surface area contributed by atoms with Crippen LogP contribution in [0, 0.1) is 5.41 Å². The average molecular weight is 261 g/mol. The predicted octanol–water partition coefficient (Wildman–Crippen LogP) is 1.29. The Bertz CT molecular complexity index is 455. The second kappa shape index (κ2) is 5.17. The van der Waals surface area contributed by atoms with Crippen LogP contribution in [0.1, 0.15) is 26.3 Å². The van der Waals surface area contributed by atoms with Gasteiger partial charge in [0.15, 0.2) is 0 Å². The smallest absolute Gasteiger partial charge is 0.139 e. The van der Waals surface area contributed by atoms with Gasteiger partial charge in [0, 0.05) is 37.9 Å². The van der Waals surface area contributed by atoms with Crippen molar-refractivity contribution in [1.82, 2.24) is 9.88 Å². The molecule has 0 unspecified atom stereocenters. The lowest BCUT2D eigenvalue weighted by atomic mass is 10.0. The van der Waals surface area contributed by atoms with E-state index in [1.54, 1.807) is 6.20 Å². The van der Waals surface area contributed by atoms with E-state index in [1.807, 2.05) is 12.1 Å². The van der Waals surface area contributed by atoms with Crippen LogP contribution in [-0.4, -0.2) is 47.4 Å². The summed E-state index contributed by atoms with van der Waals surface area (Å²) in [5.41, 5.74) is 6.56. The van der Waals surface area contributed by atoms with Crippen LogP contribution in [0.25, 0.3) is 0 Å². The molecule has 5 heteroatoms. The first-order valence-electron chi connectivity index (χ1n) is 6.69. The molecule has 0 bridgehead atoms. The van der Waals surface area contributed by atoms with Gasteiger partial charge in [0.05, 0.1) is 5.56 Å². The molecule has 1 aliphatic rings. The van der Waals surface area contributed by atoms with E-state index in [0.717, 1.165) is 37.6 Å². The van der Waals surface area contributed by atoms with Crippen molar-refractivity contribution < 1.29 is 0 Å². The highest BCUT2D eigenvalue weighted by atomic mass is 15.3. The number of amidine groups is 1. The molecule has 5 nitrogen and oxygen atoms in total. The van der Waals surface area contributed by atoms with Crippen LogP contribution in [0.2, 0.25) is 0 Å². The lowest BCUT2D eigenvalue weighted by Gasteiger charge is -2.42. The molecule has 0 saturated carbocycles. The maximum absolute atomic E-state index is 7.63. The highest BCUT2D eigenvalue weighted by molar-refractivity contribution is 5.99. The van der Waals surface area contributed by atoms with Gasteiger partial charge in [0.1, 0.15) is 11.7 Å². The molecule has 2 heterocycles. The number of nitrogens with one attached hydrogen (secondary N) is 1. The maximum Gasteiger partial charge on any atom is 0.139 e. The predicted molar refractivity (Wildman–Crippen MR) is 78.8 cm³/mol. The maximum atomic E-state index is 7.63. The summed E-state index contributed by atoms with van der Waals surface area (Å²) in [6, 6.07) is 3.69. The van der Waals surface area contributed by atoms with Gasteiger partial charge >= 0.3 is 0 Å².